The van der Waals surface area contributed by atoms with Crippen LogP contribution in [0, 0.1) is 20.8 Å². The molecule has 0 radical (unpaired) electrons. The molecule has 2 aromatic rings. The van der Waals surface area contributed by atoms with E-state index in [-0.39, 0.29) is 5.91 Å². The van der Waals surface area contributed by atoms with E-state index in [1.807, 2.05) is 13.8 Å². The van der Waals surface area contributed by atoms with E-state index in [9.17, 15) is 4.79 Å². The number of nitrogens with one attached hydrogen (secondary N) is 1. The fourth-order valence-corrected chi connectivity index (χ4v) is 2.34. The summed E-state index contributed by atoms with van der Waals surface area (Å²) in [7, 11) is 0. The molecule has 1 amide bonds. The van der Waals surface area contributed by atoms with Crippen molar-refractivity contribution in [3.05, 3.63) is 33.1 Å². The molecular formula is C11H13N3O2S. The highest BCUT2D eigenvalue weighted by atomic mass is 32.1. The molecule has 1 N–H and O–H groups in total. The van der Waals surface area contributed by atoms with E-state index < -0.39 is 0 Å². The second-order valence-corrected chi connectivity index (χ2v) is 5.03. The quantitative estimate of drug-likeness (QED) is 0.905. The summed E-state index contributed by atoms with van der Waals surface area (Å²) in [5.74, 6) is 0.396. The molecule has 2 heterocycles. The fraction of sp³-hybridized carbons (Fsp3) is 0.364. The first-order valence-electron chi connectivity index (χ1n) is 5.20. The molecule has 17 heavy (non-hydrogen) atoms. The first-order valence-corrected chi connectivity index (χ1v) is 6.02. The summed E-state index contributed by atoms with van der Waals surface area (Å²) in [5, 5.41) is 7.45. The van der Waals surface area contributed by atoms with Gasteiger partial charge in [-0.3, -0.25) is 4.79 Å². The van der Waals surface area contributed by atoms with Crippen LogP contribution in [0.5, 0.6) is 0 Å². The Balaban J connectivity index is 1.99. The Morgan fingerprint density at radius 2 is 2.24 bits per heavy atom. The number of rotatable bonds is 3. The molecule has 0 unspecified atom stereocenters. The van der Waals surface area contributed by atoms with Gasteiger partial charge in [-0.05, 0) is 20.8 Å². The van der Waals surface area contributed by atoms with Gasteiger partial charge < -0.3 is 9.84 Å². The molecule has 0 aromatic carbocycles. The van der Waals surface area contributed by atoms with Crippen LogP contribution in [0.3, 0.4) is 0 Å². The third kappa shape index (κ3) is 2.71. The maximum atomic E-state index is 11.7. The molecule has 2 rings (SSSR count). The van der Waals surface area contributed by atoms with Crippen LogP contribution >= 0.6 is 11.3 Å². The van der Waals surface area contributed by atoms with Crippen molar-refractivity contribution in [2.24, 2.45) is 0 Å². The summed E-state index contributed by atoms with van der Waals surface area (Å²) in [4.78, 5) is 17.1. The van der Waals surface area contributed by atoms with Gasteiger partial charge in [0, 0.05) is 10.9 Å². The third-order valence-corrected chi connectivity index (χ3v) is 3.34. The molecule has 0 aliphatic carbocycles. The summed E-state index contributed by atoms with van der Waals surface area (Å²) < 4.78 is 4.84. The highest BCUT2D eigenvalue weighted by Gasteiger charge is 2.12. The van der Waals surface area contributed by atoms with Gasteiger partial charge in [0.15, 0.2) is 5.69 Å². The summed E-state index contributed by atoms with van der Waals surface area (Å²) in [6, 6.07) is 1.61. The van der Waals surface area contributed by atoms with Crippen LogP contribution in [0.4, 0.5) is 0 Å². The largest absolute Gasteiger partial charge is 0.361 e. The van der Waals surface area contributed by atoms with Gasteiger partial charge in [0.25, 0.3) is 5.91 Å². The van der Waals surface area contributed by atoms with E-state index in [0.717, 1.165) is 15.6 Å². The van der Waals surface area contributed by atoms with Gasteiger partial charge in [0.2, 0.25) is 0 Å². The number of thiazole rings is 1. The lowest BCUT2D eigenvalue weighted by atomic mass is 10.3. The topological polar surface area (TPSA) is 68.0 Å². The Bertz CT molecular complexity index is 545. The van der Waals surface area contributed by atoms with Crippen molar-refractivity contribution in [2.75, 3.05) is 0 Å². The Morgan fingerprint density at radius 3 is 2.76 bits per heavy atom. The number of nitrogens with zero attached hydrogens (tertiary/aromatic N) is 2. The first kappa shape index (κ1) is 11.8. The molecule has 90 valence electrons. The van der Waals surface area contributed by atoms with E-state index in [2.05, 4.69) is 15.5 Å². The molecule has 5 nitrogen and oxygen atoms in total. The SMILES string of the molecule is Cc1cc(C(=O)NCc2sc(C)nc2C)no1. The Morgan fingerprint density at radius 1 is 1.47 bits per heavy atom. The first-order chi connectivity index (χ1) is 8.06. The van der Waals surface area contributed by atoms with Gasteiger partial charge in [-0.1, -0.05) is 5.16 Å². The van der Waals surface area contributed by atoms with Crippen LogP contribution in [-0.2, 0) is 6.54 Å². The molecule has 2 aromatic heterocycles. The van der Waals surface area contributed by atoms with E-state index in [0.29, 0.717) is 18.0 Å². The maximum absolute atomic E-state index is 11.7. The van der Waals surface area contributed by atoms with E-state index in [1.165, 1.54) is 0 Å². The lowest BCUT2D eigenvalue weighted by Crippen LogP contribution is -2.22. The molecule has 0 saturated carbocycles. The smallest absolute Gasteiger partial charge is 0.273 e. The average molecular weight is 251 g/mol. The van der Waals surface area contributed by atoms with Gasteiger partial charge >= 0.3 is 0 Å². The number of hydrogen-bond acceptors (Lipinski definition) is 5. The zero-order valence-corrected chi connectivity index (χ0v) is 10.7. The van der Waals surface area contributed by atoms with Gasteiger partial charge in [-0.2, -0.15) is 0 Å². The summed E-state index contributed by atoms with van der Waals surface area (Å²) in [6.45, 7) is 6.11. The van der Waals surface area contributed by atoms with Crippen molar-refractivity contribution in [1.82, 2.24) is 15.5 Å². The normalized spacial score (nSPS) is 10.5. The van der Waals surface area contributed by atoms with Gasteiger partial charge in [0.05, 0.1) is 17.2 Å². The van der Waals surface area contributed by atoms with Crippen LogP contribution in [0.1, 0.15) is 31.8 Å². The van der Waals surface area contributed by atoms with Crippen molar-refractivity contribution in [1.29, 1.82) is 0 Å². The number of aromatic nitrogens is 2. The minimum atomic E-state index is -0.229. The predicted octanol–water partition coefficient (Wildman–Crippen LogP) is 1.99. The molecule has 0 fully saturated rings. The number of carbonyl (C=O) groups is 1. The number of aryl methyl sites for hydroxylation is 3. The van der Waals surface area contributed by atoms with Crippen molar-refractivity contribution >= 4 is 17.2 Å². The fourth-order valence-electron chi connectivity index (χ4n) is 1.46. The molecular weight excluding hydrogens is 238 g/mol. The third-order valence-electron chi connectivity index (χ3n) is 2.27. The summed E-state index contributed by atoms with van der Waals surface area (Å²) in [6.07, 6.45) is 0. The molecule has 0 aliphatic rings. The van der Waals surface area contributed by atoms with Gasteiger partial charge in [0.1, 0.15) is 5.76 Å². The van der Waals surface area contributed by atoms with Crippen molar-refractivity contribution in [3.63, 3.8) is 0 Å². The highest BCUT2D eigenvalue weighted by Crippen LogP contribution is 2.16. The standard InChI is InChI=1S/C11H13N3O2S/c1-6-4-9(14-16-6)11(15)12-5-10-7(2)13-8(3)17-10/h4H,5H2,1-3H3,(H,12,15). The minimum absolute atomic E-state index is 0.229. The number of carbonyl (C=O) groups excluding carboxylic acids is 1. The van der Waals surface area contributed by atoms with E-state index in [1.54, 1.807) is 24.3 Å². The average Bonchev–Trinajstić information content (AvgIpc) is 2.82. The second-order valence-electron chi connectivity index (χ2n) is 3.75. The molecule has 0 atom stereocenters. The van der Waals surface area contributed by atoms with E-state index in [4.69, 9.17) is 4.52 Å². The number of amides is 1. The van der Waals surface area contributed by atoms with Crippen LogP contribution in [0.2, 0.25) is 0 Å². The number of hydrogen-bond donors (Lipinski definition) is 1. The molecule has 0 bridgehead atoms. The Labute approximate surface area is 103 Å². The van der Waals surface area contributed by atoms with Gasteiger partial charge in [-0.15, -0.1) is 11.3 Å². The lowest BCUT2D eigenvalue weighted by Gasteiger charge is -2.00. The van der Waals surface area contributed by atoms with Gasteiger partial charge in [-0.25, -0.2) is 4.98 Å². The molecule has 0 aliphatic heterocycles. The molecule has 0 saturated heterocycles. The Hall–Kier alpha value is -1.69. The molecule has 0 spiro atoms. The predicted molar refractivity (Wildman–Crippen MR) is 64.0 cm³/mol. The van der Waals surface area contributed by atoms with Crippen LogP contribution in [-0.4, -0.2) is 16.0 Å². The van der Waals surface area contributed by atoms with Crippen LogP contribution < -0.4 is 5.32 Å². The minimum Gasteiger partial charge on any atom is -0.361 e. The maximum Gasteiger partial charge on any atom is 0.273 e. The molecule has 6 heteroatoms. The summed E-state index contributed by atoms with van der Waals surface area (Å²) >= 11 is 1.59. The van der Waals surface area contributed by atoms with Crippen molar-refractivity contribution in [2.45, 2.75) is 27.3 Å². The van der Waals surface area contributed by atoms with Crippen LogP contribution in [0.25, 0.3) is 0 Å². The zero-order chi connectivity index (χ0) is 12.4. The van der Waals surface area contributed by atoms with Crippen molar-refractivity contribution in [3.8, 4) is 0 Å². The Kier molecular flexibility index (Phi) is 3.23. The highest BCUT2D eigenvalue weighted by molar-refractivity contribution is 7.11. The lowest BCUT2D eigenvalue weighted by molar-refractivity contribution is 0.0942. The van der Waals surface area contributed by atoms with Crippen molar-refractivity contribution < 1.29 is 9.32 Å². The van der Waals surface area contributed by atoms with Crippen LogP contribution in [0.15, 0.2) is 10.6 Å². The zero-order valence-electron chi connectivity index (χ0n) is 9.90. The monoisotopic (exact) mass is 251 g/mol. The van der Waals surface area contributed by atoms with E-state index >= 15 is 0 Å². The second kappa shape index (κ2) is 4.67. The summed E-state index contributed by atoms with van der Waals surface area (Å²) in [5.41, 5.74) is 1.27.